The molecule has 0 saturated heterocycles. The van der Waals surface area contributed by atoms with Crippen molar-refractivity contribution in [2.24, 2.45) is 14.1 Å². The molecule has 3 aromatic heterocycles. The van der Waals surface area contributed by atoms with Crippen molar-refractivity contribution >= 4 is 45.7 Å². The van der Waals surface area contributed by atoms with E-state index in [2.05, 4.69) is 30.6 Å². The van der Waals surface area contributed by atoms with Gasteiger partial charge in [0, 0.05) is 37.3 Å². The fraction of sp³-hybridized carbons (Fsp3) is 0.214. The lowest BCUT2D eigenvalue weighted by Gasteiger charge is -2.16. The van der Waals surface area contributed by atoms with E-state index in [0.29, 0.717) is 62.1 Å². The average Bonchev–Trinajstić information content (AvgIpc) is 2.96. The van der Waals surface area contributed by atoms with Gasteiger partial charge in [0.25, 0.3) is 5.56 Å². The molecule has 0 aliphatic carbocycles. The third-order valence-corrected chi connectivity index (χ3v) is 7.39. The Morgan fingerprint density at radius 2 is 1.61 bits per heavy atom. The van der Waals surface area contributed by atoms with Gasteiger partial charge in [-0.25, -0.2) is 19.7 Å². The van der Waals surface area contributed by atoms with Crippen molar-refractivity contribution < 1.29 is 4.74 Å². The van der Waals surface area contributed by atoms with Gasteiger partial charge in [-0.1, -0.05) is 53.5 Å². The van der Waals surface area contributed by atoms with Crippen LogP contribution in [0, 0.1) is 6.92 Å². The summed E-state index contributed by atoms with van der Waals surface area (Å²) in [6.45, 7) is 2.18. The molecule has 2 N–H and O–H groups in total. The largest absolute Gasteiger partial charge is 0.480 e. The predicted octanol–water partition coefficient (Wildman–Crippen LogP) is 4.24. The highest BCUT2D eigenvalue weighted by atomic mass is 35.5. The van der Waals surface area contributed by atoms with Crippen LogP contribution in [0.4, 0.5) is 11.5 Å². The summed E-state index contributed by atoms with van der Waals surface area (Å²) in [5.74, 6) is 1.01. The highest BCUT2D eigenvalue weighted by Crippen LogP contribution is 2.42. The Kier molecular flexibility index (Phi) is 7.76. The van der Waals surface area contributed by atoms with Crippen molar-refractivity contribution in [3.63, 3.8) is 0 Å². The molecule has 3 heterocycles. The van der Waals surface area contributed by atoms with Crippen LogP contribution < -0.4 is 26.6 Å². The minimum Gasteiger partial charge on any atom is -0.480 e. The van der Waals surface area contributed by atoms with Crippen molar-refractivity contribution in [2.45, 2.75) is 13.5 Å². The third-order valence-electron chi connectivity index (χ3n) is 6.58. The van der Waals surface area contributed by atoms with Gasteiger partial charge in [0.1, 0.15) is 22.7 Å². The Morgan fingerprint density at radius 3 is 2.32 bits per heavy atom. The third kappa shape index (κ3) is 5.03. The van der Waals surface area contributed by atoms with E-state index < -0.39 is 11.2 Å². The number of methoxy groups -OCH3 is 1. The Labute approximate surface area is 244 Å². The zero-order valence-electron chi connectivity index (χ0n) is 22.9. The molecule has 11 nitrogen and oxygen atoms in total. The summed E-state index contributed by atoms with van der Waals surface area (Å²) < 4.78 is 7.76. The minimum absolute atomic E-state index is 0.163. The van der Waals surface area contributed by atoms with Crippen LogP contribution in [0.1, 0.15) is 11.5 Å². The number of nitrogens with one attached hydrogen (secondary N) is 2. The first-order valence-corrected chi connectivity index (χ1v) is 13.3. The summed E-state index contributed by atoms with van der Waals surface area (Å²) in [7, 11) is 6.32. The fourth-order valence-electron chi connectivity index (χ4n) is 4.54. The summed E-state index contributed by atoms with van der Waals surface area (Å²) in [5, 5.41) is 7.16. The number of anilines is 2. The molecule has 5 rings (SSSR count). The number of ether oxygens (including phenoxy) is 1. The lowest BCUT2D eigenvalue weighted by atomic mass is 10.0. The highest BCUT2D eigenvalue weighted by molar-refractivity contribution is 6.39. The molecule has 0 bridgehead atoms. The van der Waals surface area contributed by atoms with Crippen LogP contribution in [0.15, 0.2) is 52.2 Å². The van der Waals surface area contributed by atoms with E-state index in [1.165, 1.54) is 11.6 Å². The number of fused-ring (bicyclic) bond motifs is 1. The number of halogens is 2. The summed E-state index contributed by atoms with van der Waals surface area (Å²) in [4.78, 5) is 43.4. The van der Waals surface area contributed by atoms with Crippen molar-refractivity contribution in [2.75, 3.05) is 19.5 Å². The molecule has 41 heavy (non-hydrogen) atoms. The minimum atomic E-state index is -0.522. The second-order valence-corrected chi connectivity index (χ2v) is 9.98. The molecule has 0 saturated carbocycles. The lowest BCUT2D eigenvalue weighted by molar-refractivity contribution is 0.388. The molecule has 0 aliphatic heterocycles. The molecule has 0 fully saturated rings. The number of nitrogens with zero attached hydrogens (tertiary/aromatic N) is 6. The molecule has 0 aliphatic rings. The van der Waals surface area contributed by atoms with Crippen LogP contribution in [-0.2, 0) is 20.6 Å². The molecule has 210 valence electrons. The van der Waals surface area contributed by atoms with E-state index in [4.69, 9.17) is 27.9 Å². The topological polar surface area (TPSA) is 129 Å². The van der Waals surface area contributed by atoms with E-state index >= 15 is 0 Å². The predicted molar refractivity (Wildman–Crippen MR) is 160 cm³/mol. The SMILES string of the molecule is CNCc1ncc(-c2cccc(-c3cccc(Nc4nc(C)nc5c4c(=O)n(C)c(=O)n5C)c3Cl)c2Cl)nc1OC. The maximum absolute atomic E-state index is 13.1. The first-order valence-electron chi connectivity index (χ1n) is 12.5. The van der Waals surface area contributed by atoms with Gasteiger partial charge >= 0.3 is 5.69 Å². The van der Waals surface area contributed by atoms with Gasteiger partial charge < -0.3 is 15.4 Å². The van der Waals surface area contributed by atoms with Crippen molar-refractivity contribution in [1.29, 1.82) is 0 Å². The van der Waals surface area contributed by atoms with Crippen LogP contribution in [0.3, 0.4) is 0 Å². The van der Waals surface area contributed by atoms with Crippen LogP contribution >= 0.6 is 23.2 Å². The van der Waals surface area contributed by atoms with Crippen molar-refractivity contribution in [1.82, 2.24) is 34.4 Å². The van der Waals surface area contributed by atoms with Gasteiger partial charge in [-0.15, -0.1) is 0 Å². The molecule has 2 aromatic carbocycles. The van der Waals surface area contributed by atoms with Gasteiger partial charge in [-0.05, 0) is 20.0 Å². The fourth-order valence-corrected chi connectivity index (χ4v) is 5.14. The number of hydrogen-bond acceptors (Lipinski definition) is 9. The molecule has 0 spiro atoms. The van der Waals surface area contributed by atoms with E-state index in [-0.39, 0.29) is 16.9 Å². The quantitative estimate of drug-likeness (QED) is 0.285. The molecule has 0 amide bonds. The number of aromatic nitrogens is 6. The summed E-state index contributed by atoms with van der Waals surface area (Å²) in [5.41, 5.74) is 2.88. The maximum Gasteiger partial charge on any atom is 0.332 e. The summed E-state index contributed by atoms with van der Waals surface area (Å²) in [6, 6.07) is 11.0. The Bertz CT molecular complexity index is 1940. The van der Waals surface area contributed by atoms with Gasteiger partial charge in [0.05, 0.1) is 34.7 Å². The zero-order chi connectivity index (χ0) is 29.4. The molecule has 0 radical (unpaired) electrons. The van der Waals surface area contributed by atoms with E-state index in [1.54, 1.807) is 33.3 Å². The summed E-state index contributed by atoms with van der Waals surface area (Å²) >= 11 is 13.9. The number of benzene rings is 2. The standard InChI is InChI=1S/C28H26Cl2N8O3/c1-14-33-24(21-25(34-14)37(3)28(40)38(4)27(21)39)35-18-11-7-9-16(23(18)30)15-8-6-10-17(22(15)29)19-13-32-20(12-31-2)26(36-19)41-5/h6-11,13,31H,12H2,1-5H3,(H,33,34,35). The Morgan fingerprint density at radius 1 is 0.927 bits per heavy atom. The highest BCUT2D eigenvalue weighted by Gasteiger charge is 2.20. The van der Waals surface area contributed by atoms with E-state index in [0.717, 1.165) is 4.57 Å². The Hall–Kier alpha value is -4.32. The smallest absolute Gasteiger partial charge is 0.332 e. The first kappa shape index (κ1) is 28.2. The molecular formula is C28H26Cl2N8O3. The molecular weight excluding hydrogens is 567 g/mol. The van der Waals surface area contributed by atoms with Crippen LogP contribution in [0.2, 0.25) is 10.0 Å². The van der Waals surface area contributed by atoms with E-state index in [1.807, 2.05) is 37.4 Å². The normalized spacial score (nSPS) is 11.2. The average molecular weight is 593 g/mol. The molecule has 0 atom stereocenters. The first-order chi connectivity index (χ1) is 19.7. The number of hydrogen-bond donors (Lipinski definition) is 2. The van der Waals surface area contributed by atoms with Crippen molar-refractivity contribution in [3.8, 4) is 28.3 Å². The zero-order valence-corrected chi connectivity index (χ0v) is 24.4. The van der Waals surface area contributed by atoms with Crippen LogP contribution in [-0.4, -0.2) is 43.2 Å². The lowest BCUT2D eigenvalue weighted by Crippen LogP contribution is -2.37. The number of aryl methyl sites for hydroxylation is 2. The van der Waals surface area contributed by atoms with Crippen molar-refractivity contribution in [3.05, 3.63) is 85.0 Å². The van der Waals surface area contributed by atoms with E-state index in [9.17, 15) is 9.59 Å². The second kappa shape index (κ2) is 11.3. The Balaban J connectivity index is 1.61. The maximum atomic E-state index is 13.1. The van der Waals surface area contributed by atoms with Crippen LogP contribution in [0.5, 0.6) is 5.88 Å². The second-order valence-electron chi connectivity index (χ2n) is 9.22. The van der Waals surface area contributed by atoms with Gasteiger partial charge in [-0.3, -0.25) is 18.9 Å². The molecule has 0 unspecified atom stereocenters. The molecule has 13 heteroatoms. The van der Waals surface area contributed by atoms with Gasteiger partial charge in [-0.2, -0.15) is 0 Å². The summed E-state index contributed by atoms with van der Waals surface area (Å²) in [6.07, 6.45) is 1.65. The van der Waals surface area contributed by atoms with Gasteiger partial charge in [0.15, 0.2) is 5.65 Å². The van der Waals surface area contributed by atoms with Crippen LogP contribution in [0.25, 0.3) is 33.4 Å². The van der Waals surface area contributed by atoms with Gasteiger partial charge in [0.2, 0.25) is 5.88 Å². The number of rotatable bonds is 7. The molecule has 5 aromatic rings. The monoisotopic (exact) mass is 592 g/mol.